The molecule has 0 bridgehead atoms. The summed E-state index contributed by atoms with van der Waals surface area (Å²) < 4.78 is 0. The first-order chi connectivity index (χ1) is 8.16. The van der Waals surface area contributed by atoms with Gasteiger partial charge >= 0.3 is 0 Å². The molecule has 3 unspecified atom stereocenters. The molecule has 18 heavy (non-hydrogen) atoms. The Morgan fingerprint density at radius 3 is 1.89 bits per heavy atom. The van der Waals surface area contributed by atoms with Gasteiger partial charge in [-0.15, -0.1) is 0 Å². The Hall–Kier alpha value is -0.850. The largest absolute Gasteiger partial charge is 0.299 e. The van der Waals surface area contributed by atoms with Gasteiger partial charge in [-0.3, -0.25) is 4.79 Å². The molecule has 0 fully saturated rings. The Balaban J connectivity index is 4.65. The molecule has 3 atom stereocenters. The van der Waals surface area contributed by atoms with Crippen molar-refractivity contribution in [3.05, 3.63) is 22.8 Å². The number of ketones is 1. The zero-order valence-electron chi connectivity index (χ0n) is 13.4. The highest BCUT2D eigenvalue weighted by atomic mass is 16.1. The van der Waals surface area contributed by atoms with Gasteiger partial charge in [-0.25, -0.2) is 0 Å². The lowest BCUT2D eigenvalue weighted by Gasteiger charge is -2.22. The van der Waals surface area contributed by atoms with E-state index in [4.69, 9.17) is 0 Å². The third-order valence-corrected chi connectivity index (χ3v) is 3.82. The lowest BCUT2D eigenvalue weighted by Crippen LogP contribution is -2.24. The fourth-order valence-corrected chi connectivity index (χ4v) is 2.14. The molecule has 0 heterocycles. The highest BCUT2D eigenvalue weighted by Gasteiger charge is 2.23. The van der Waals surface area contributed by atoms with Crippen LogP contribution in [0, 0.1) is 17.8 Å². The first-order valence-electron chi connectivity index (χ1n) is 6.98. The van der Waals surface area contributed by atoms with Crippen molar-refractivity contribution in [2.45, 2.75) is 61.8 Å². The lowest BCUT2D eigenvalue weighted by molar-refractivity contribution is -0.125. The molecule has 0 aromatic rings. The molecule has 0 saturated carbocycles. The first-order valence-corrected chi connectivity index (χ1v) is 6.98. The Kier molecular flexibility index (Phi) is 7.20. The molecule has 0 spiro atoms. The van der Waals surface area contributed by atoms with Gasteiger partial charge in [-0.05, 0) is 47.0 Å². The Bertz CT molecular complexity index is 339. The van der Waals surface area contributed by atoms with Crippen molar-refractivity contribution in [3.63, 3.8) is 0 Å². The van der Waals surface area contributed by atoms with Crippen LogP contribution in [-0.2, 0) is 4.79 Å². The molecule has 0 aromatic carbocycles. The standard InChI is InChI=1S/C17H30O/c1-11(2)9-15(7)17(18)16(8)14(6)10-13(5)12(3)4/h9,14-16H,10H2,1-8H3. The molecule has 0 aromatic heterocycles. The van der Waals surface area contributed by atoms with Crippen LogP contribution in [0.15, 0.2) is 22.8 Å². The molecule has 0 N–H and O–H groups in total. The molecular formula is C17H30O. The van der Waals surface area contributed by atoms with Crippen LogP contribution in [-0.4, -0.2) is 5.78 Å². The number of rotatable bonds is 6. The molecule has 1 nitrogen and oxygen atoms in total. The molecule has 0 aliphatic heterocycles. The van der Waals surface area contributed by atoms with Crippen molar-refractivity contribution in [3.8, 4) is 0 Å². The molecule has 1 heteroatoms. The molecule has 0 amide bonds. The summed E-state index contributed by atoms with van der Waals surface area (Å²) in [6, 6.07) is 0. The maximum atomic E-state index is 12.3. The smallest absolute Gasteiger partial charge is 0.142 e. The molecule has 0 rings (SSSR count). The van der Waals surface area contributed by atoms with E-state index >= 15 is 0 Å². The summed E-state index contributed by atoms with van der Waals surface area (Å²) >= 11 is 0. The van der Waals surface area contributed by atoms with Crippen molar-refractivity contribution in [1.82, 2.24) is 0 Å². The molecular weight excluding hydrogens is 220 g/mol. The zero-order chi connectivity index (χ0) is 14.5. The van der Waals surface area contributed by atoms with Crippen LogP contribution in [0.25, 0.3) is 0 Å². The van der Waals surface area contributed by atoms with E-state index in [1.54, 1.807) is 0 Å². The summed E-state index contributed by atoms with van der Waals surface area (Å²) in [7, 11) is 0. The number of carbonyl (C=O) groups is 1. The van der Waals surface area contributed by atoms with E-state index in [1.165, 1.54) is 16.7 Å². The zero-order valence-corrected chi connectivity index (χ0v) is 13.4. The average molecular weight is 250 g/mol. The Labute approximate surface area is 113 Å². The molecule has 0 aliphatic carbocycles. The Morgan fingerprint density at radius 1 is 1.00 bits per heavy atom. The quantitative estimate of drug-likeness (QED) is 0.594. The monoisotopic (exact) mass is 250 g/mol. The highest BCUT2D eigenvalue weighted by molar-refractivity contribution is 5.84. The van der Waals surface area contributed by atoms with E-state index in [0.29, 0.717) is 11.7 Å². The number of Topliss-reactive ketones (excluding diaryl/α,β-unsaturated/α-hetero) is 1. The average Bonchev–Trinajstić information content (AvgIpc) is 2.25. The van der Waals surface area contributed by atoms with Crippen molar-refractivity contribution in [1.29, 1.82) is 0 Å². The summed E-state index contributed by atoms with van der Waals surface area (Å²) in [5.41, 5.74) is 4.01. The third-order valence-electron chi connectivity index (χ3n) is 3.82. The van der Waals surface area contributed by atoms with Crippen molar-refractivity contribution in [2.24, 2.45) is 17.8 Å². The van der Waals surface area contributed by atoms with Crippen LogP contribution < -0.4 is 0 Å². The fraction of sp³-hybridized carbons (Fsp3) is 0.706. The van der Waals surface area contributed by atoms with Crippen LogP contribution in [0.2, 0.25) is 0 Å². The number of hydrogen-bond acceptors (Lipinski definition) is 1. The van der Waals surface area contributed by atoms with Gasteiger partial charge in [-0.1, -0.05) is 43.6 Å². The van der Waals surface area contributed by atoms with Crippen LogP contribution >= 0.6 is 0 Å². The van der Waals surface area contributed by atoms with Gasteiger partial charge in [0.2, 0.25) is 0 Å². The molecule has 104 valence electrons. The van der Waals surface area contributed by atoms with Gasteiger partial charge in [0, 0.05) is 11.8 Å². The second kappa shape index (κ2) is 7.56. The topological polar surface area (TPSA) is 17.1 Å². The van der Waals surface area contributed by atoms with Gasteiger partial charge < -0.3 is 0 Å². The summed E-state index contributed by atoms with van der Waals surface area (Å²) in [4.78, 5) is 12.3. The van der Waals surface area contributed by atoms with E-state index in [0.717, 1.165) is 6.42 Å². The predicted octanol–water partition coefficient (Wildman–Crippen LogP) is 5.18. The van der Waals surface area contributed by atoms with Crippen molar-refractivity contribution < 1.29 is 4.79 Å². The van der Waals surface area contributed by atoms with Crippen molar-refractivity contribution >= 4 is 5.78 Å². The number of allylic oxidation sites excluding steroid dienone is 4. The van der Waals surface area contributed by atoms with Crippen LogP contribution in [0.4, 0.5) is 0 Å². The van der Waals surface area contributed by atoms with E-state index in [1.807, 2.05) is 20.8 Å². The molecule has 0 radical (unpaired) electrons. The lowest BCUT2D eigenvalue weighted by atomic mass is 9.82. The highest BCUT2D eigenvalue weighted by Crippen LogP contribution is 2.25. The molecule has 0 aliphatic rings. The van der Waals surface area contributed by atoms with Gasteiger partial charge in [0.1, 0.15) is 5.78 Å². The minimum atomic E-state index is 0.0412. The second-order valence-corrected chi connectivity index (χ2v) is 6.19. The fourth-order valence-electron chi connectivity index (χ4n) is 2.14. The first kappa shape index (κ1) is 17.2. The van der Waals surface area contributed by atoms with Gasteiger partial charge in [-0.2, -0.15) is 0 Å². The summed E-state index contributed by atoms with van der Waals surface area (Å²) in [5, 5.41) is 0. The van der Waals surface area contributed by atoms with Gasteiger partial charge in [0.05, 0.1) is 0 Å². The van der Waals surface area contributed by atoms with Gasteiger partial charge in [0.25, 0.3) is 0 Å². The van der Waals surface area contributed by atoms with E-state index in [2.05, 4.69) is 40.7 Å². The predicted molar refractivity (Wildman–Crippen MR) is 80.6 cm³/mol. The van der Waals surface area contributed by atoms with Crippen LogP contribution in [0.1, 0.15) is 61.8 Å². The van der Waals surface area contributed by atoms with Crippen molar-refractivity contribution in [2.75, 3.05) is 0 Å². The van der Waals surface area contributed by atoms with Gasteiger partial charge in [0.15, 0.2) is 0 Å². The van der Waals surface area contributed by atoms with Crippen LogP contribution in [0.3, 0.4) is 0 Å². The third kappa shape index (κ3) is 5.66. The summed E-state index contributed by atoms with van der Waals surface area (Å²) in [5.74, 6) is 0.954. The maximum Gasteiger partial charge on any atom is 0.142 e. The second-order valence-electron chi connectivity index (χ2n) is 6.19. The number of carbonyl (C=O) groups excluding carboxylic acids is 1. The van der Waals surface area contributed by atoms with E-state index < -0.39 is 0 Å². The minimum Gasteiger partial charge on any atom is -0.299 e. The SMILES string of the molecule is CC(C)=CC(C)C(=O)C(C)C(C)CC(C)=C(C)C. The minimum absolute atomic E-state index is 0.0412. The Morgan fingerprint density at radius 2 is 1.50 bits per heavy atom. The van der Waals surface area contributed by atoms with Crippen LogP contribution in [0.5, 0.6) is 0 Å². The van der Waals surface area contributed by atoms with E-state index in [9.17, 15) is 4.79 Å². The summed E-state index contributed by atoms with van der Waals surface area (Å²) in [6.07, 6.45) is 3.09. The summed E-state index contributed by atoms with van der Waals surface area (Å²) in [6.45, 7) is 16.8. The normalized spacial score (nSPS) is 15.6. The number of hydrogen-bond donors (Lipinski definition) is 0. The maximum absolute atomic E-state index is 12.3. The molecule has 0 saturated heterocycles. The van der Waals surface area contributed by atoms with E-state index in [-0.39, 0.29) is 11.8 Å².